The van der Waals surface area contributed by atoms with Crippen LogP contribution in [0.4, 0.5) is 4.79 Å². The van der Waals surface area contributed by atoms with Crippen molar-refractivity contribution < 1.29 is 17.9 Å². The lowest BCUT2D eigenvalue weighted by Gasteiger charge is -2.34. The highest BCUT2D eigenvalue weighted by Crippen LogP contribution is 2.44. The van der Waals surface area contributed by atoms with E-state index in [9.17, 15) is 13.2 Å². The smallest absolute Gasteiger partial charge is 0.412 e. The van der Waals surface area contributed by atoms with E-state index in [0.717, 1.165) is 37.7 Å². The number of unbranched alkanes of at least 4 members (excludes halogenated alkanes) is 4. The maximum Gasteiger partial charge on any atom is 0.412 e. The summed E-state index contributed by atoms with van der Waals surface area (Å²) in [6.07, 6.45) is 4.80. The Kier molecular flexibility index (Phi) is 7.42. The molecular formula is C25H33NO4S. The summed E-state index contributed by atoms with van der Waals surface area (Å²) in [5.41, 5.74) is 0.0306. The molecule has 1 heterocycles. The first-order chi connectivity index (χ1) is 14.8. The van der Waals surface area contributed by atoms with Gasteiger partial charge in [-0.15, -0.1) is 0 Å². The van der Waals surface area contributed by atoms with Gasteiger partial charge in [0.15, 0.2) is 9.84 Å². The lowest BCUT2D eigenvalue weighted by molar-refractivity contribution is 0.0673. The van der Waals surface area contributed by atoms with Gasteiger partial charge in [0.05, 0.1) is 4.90 Å². The molecule has 0 bridgehead atoms. The molecule has 5 nitrogen and oxygen atoms in total. The van der Waals surface area contributed by atoms with Crippen LogP contribution < -0.4 is 0 Å². The number of carbonyl (C=O) groups is 1. The third-order valence-electron chi connectivity index (χ3n) is 5.91. The van der Waals surface area contributed by atoms with Crippen LogP contribution in [-0.4, -0.2) is 30.4 Å². The molecule has 1 aliphatic heterocycles. The number of cyclic esters (lactones) is 1. The van der Waals surface area contributed by atoms with Crippen LogP contribution in [-0.2, 0) is 14.6 Å². The molecule has 1 fully saturated rings. The second-order valence-corrected chi connectivity index (χ2v) is 10.8. The molecule has 2 aromatic rings. The lowest BCUT2D eigenvalue weighted by atomic mass is 9.91. The first kappa shape index (κ1) is 23.3. The number of ether oxygens (including phenoxy) is 1. The number of amides is 1. The summed E-state index contributed by atoms with van der Waals surface area (Å²) in [6.45, 7) is 5.83. The van der Waals surface area contributed by atoms with Gasteiger partial charge in [-0.1, -0.05) is 87.6 Å². The average molecular weight is 444 g/mol. The fraction of sp³-hybridized carbons (Fsp3) is 0.480. The molecule has 1 saturated heterocycles. The molecule has 3 rings (SSSR count). The van der Waals surface area contributed by atoms with Crippen molar-refractivity contribution in [3.05, 3.63) is 66.2 Å². The van der Waals surface area contributed by atoms with Gasteiger partial charge in [0.25, 0.3) is 0 Å². The maximum atomic E-state index is 13.7. The molecule has 1 aliphatic rings. The monoisotopic (exact) mass is 443 g/mol. The van der Waals surface area contributed by atoms with Crippen molar-refractivity contribution >= 4 is 15.9 Å². The van der Waals surface area contributed by atoms with Crippen LogP contribution in [0.15, 0.2) is 65.6 Å². The van der Waals surface area contributed by atoms with E-state index >= 15 is 0 Å². The highest BCUT2D eigenvalue weighted by atomic mass is 32.2. The van der Waals surface area contributed by atoms with E-state index in [1.165, 1.54) is 4.90 Å². The number of rotatable bonds is 10. The molecule has 31 heavy (non-hydrogen) atoms. The number of nitrogens with zero attached hydrogens (tertiary/aromatic N) is 1. The molecule has 2 aromatic carbocycles. The Morgan fingerprint density at radius 1 is 0.935 bits per heavy atom. The molecule has 0 unspecified atom stereocenters. The highest BCUT2D eigenvalue weighted by molar-refractivity contribution is 7.92. The highest BCUT2D eigenvalue weighted by Gasteiger charge is 2.53. The van der Waals surface area contributed by atoms with Gasteiger partial charge < -0.3 is 4.74 Å². The molecule has 0 saturated carbocycles. The van der Waals surface area contributed by atoms with Crippen molar-refractivity contribution in [2.24, 2.45) is 0 Å². The number of carbonyl (C=O) groups excluding carboxylic acids is 1. The van der Waals surface area contributed by atoms with Crippen LogP contribution in [0.5, 0.6) is 0 Å². The Hall–Kier alpha value is -2.34. The summed E-state index contributed by atoms with van der Waals surface area (Å²) in [5.74, 6) is 0. The van der Waals surface area contributed by atoms with Crippen LogP contribution in [0.3, 0.4) is 0 Å². The number of hydrogen-bond acceptors (Lipinski definition) is 4. The summed E-state index contributed by atoms with van der Waals surface area (Å²) in [6, 6.07) is 17.5. The second-order valence-electron chi connectivity index (χ2n) is 8.71. The Morgan fingerprint density at radius 2 is 1.52 bits per heavy atom. The van der Waals surface area contributed by atoms with E-state index in [0.29, 0.717) is 6.42 Å². The van der Waals surface area contributed by atoms with Crippen molar-refractivity contribution in [3.8, 4) is 0 Å². The number of hydrogen-bond donors (Lipinski definition) is 0. The normalized spacial score (nSPS) is 19.3. The Balaban J connectivity index is 2.01. The Bertz CT molecular complexity index is 958. The fourth-order valence-electron chi connectivity index (χ4n) is 4.39. The quantitative estimate of drug-likeness (QED) is 0.415. The van der Waals surface area contributed by atoms with E-state index in [2.05, 4.69) is 6.92 Å². The van der Waals surface area contributed by atoms with Crippen molar-refractivity contribution in [1.82, 2.24) is 4.90 Å². The SMILES string of the molecule is CCCCCCC[C@@H](N1C(=O)OC(C)(C)[C@H]1c1ccccc1)S(=O)(=O)c1ccccc1. The minimum atomic E-state index is -3.78. The van der Waals surface area contributed by atoms with Gasteiger partial charge in [0.1, 0.15) is 17.0 Å². The summed E-state index contributed by atoms with van der Waals surface area (Å²) in [4.78, 5) is 14.8. The minimum Gasteiger partial charge on any atom is -0.441 e. The predicted molar refractivity (Wildman–Crippen MR) is 122 cm³/mol. The van der Waals surface area contributed by atoms with Crippen LogP contribution in [0, 0.1) is 0 Å². The molecule has 0 aromatic heterocycles. The van der Waals surface area contributed by atoms with Crippen molar-refractivity contribution in [2.75, 3.05) is 0 Å². The van der Waals surface area contributed by atoms with E-state index in [1.54, 1.807) is 30.3 Å². The maximum absolute atomic E-state index is 13.7. The van der Waals surface area contributed by atoms with E-state index in [1.807, 2.05) is 44.2 Å². The van der Waals surface area contributed by atoms with Crippen LogP contribution in [0.25, 0.3) is 0 Å². The Morgan fingerprint density at radius 3 is 2.13 bits per heavy atom. The molecule has 168 valence electrons. The van der Waals surface area contributed by atoms with Gasteiger partial charge in [-0.25, -0.2) is 13.2 Å². The van der Waals surface area contributed by atoms with Crippen LogP contribution in [0.2, 0.25) is 0 Å². The number of sulfone groups is 1. The van der Waals surface area contributed by atoms with Gasteiger partial charge in [-0.2, -0.15) is 0 Å². The first-order valence-electron chi connectivity index (χ1n) is 11.1. The zero-order valence-corrected chi connectivity index (χ0v) is 19.5. The van der Waals surface area contributed by atoms with Gasteiger partial charge >= 0.3 is 6.09 Å². The fourth-order valence-corrected chi connectivity index (χ4v) is 6.22. The summed E-state index contributed by atoms with van der Waals surface area (Å²) in [7, 11) is -3.78. The molecule has 2 atom stereocenters. The predicted octanol–water partition coefficient (Wildman–Crippen LogP) is 6.12. The largest absolute Gasteiger partial charge is 0.441 e. The zero-order chi connectivity index (χ0) is 22.5. The molecule has 0 spiro atoms. The third-order valence-corrected chi connectivity index (χ3v) is 8.02. The van der Waals surface area contributed by atoms with Gasteiger partial charge in [-0.05, 0) is 38.0 Å². The third kappa shape index (κ3) is 5.12. The summed E-state index contributed by atoms with van der Waals surface area (Å²) < 4.78 is 33.2. The van der Waals surface area contributed by atoms with E-state index in [-0.39, 0.29) is 4.90 Å². The van der Waals surface area contributed by atoms with Gasteiger partial charge in [0.2, 0.25) is 0 Å². The van der Waals surface area contributed by atoms with Crippen LogP contribution >= 0.6 is 0 Å². The first-order valence-corrected chi connectivity index (χ1v) is 12.7. The van der Waals surface area contributed by atoms with E-state index < -0.39 is 32.9 Å². The average Bonchev–Trinajstić information content (AvgIpc) is 2.99. The summed E-state index contributed by atoms with van der Waals surface area (Å²) >= 11 is 0. The molecule has 0 N–H and O–H groups in total. The molecule has 1 amide bonds. The van der Waals surface area contributed by atoms with Crippen LogP contribution in [0.1, 0.15) is 70.9 Å². The lowest BCUT2D eigenvalue weighted by Crippen LogP contribution is -2.45. The van der Waals surface area contributed by atoms with Crippen molar-refractivity contribution in [3.63, 3.8) is 0 Å². The molecule has 0 radical (unpaired) electrons. The van der Waals surface area contributed by atoms with Gasteiger partial charge in [0, 0.05) is 0 Å². The molecule has 0 aliphatic carbocycles. The van der Waals surface area contributed by atoms with E-state index in [4.69, 9.17) is 4.74 Å². The Labute approximate surface area is 186 Å². The van der Waals surface area contributed by atoms with Gasteiger partial charge in [-0.3, -0.25) is 4.90 Å². The standard InChI is InChI=1S/C25H33NO4S/c1-4-5-6-7-14-19-22(31(28,29)21-17-12-9-13-18-21)26-23(20-15-10-8-11-16-20)25(2,3)30-24(26)27/h8-13,15-18,22-23H,4-7,14,19H2,1-3H3/t22-,23+/m0/s1. The zero-order valence-electron chi connectivity index (χ0n) is 18.7. The van der Waals surface area contributed by atoms with Crippen molar-refractivity contribution in [2.45, 2.75) is 81.2 Å². The molecular weight excluding hydrogens is 410 g/mol. The topological polar surface area (TPSA) is 63.7 Å². The minimum absolute atomic E-state index is 0.234. The summed E-state index contributed by atoms with van der Waals surface area (Å²) in [5, 5.41) is -0.976. The number of benzene rings is 2. The van der Waals surface area contributed by atoms with Crippen molar-refractivity contribution in [1.29, 1.82) is 0 Å². The second kappa shape index (κ2) is 9.86. The molecule has 6 heteroatoms.